The van der Waals surface area contributed by atoms with Crippen LogP contribution in [-0.2, 0) is 19.1 Å². The number of hydrogen-bond donors (Lipinski definition) is 2. The van der Waals surface area contributed by atoms with Crippen molar-refractivity contribution in [3.63, 3.8) is 0 Å². The summed E-state index contributed by atoms with van der Waals surface area (Å²) in [5.41, 5.74) is -0.0493. The minimum atomic E-state index is -1.68. The molecule has 186 valence electrons. The van der Waals surface area contributed by atoms with E-state index < -0.39 is 41.5 Å². The fourth-order valence-electron chi connectivity index (χ4n) is 6.14. The molecule has 3 saturated carbocycles. The predicted molar refractivity (Wildman–Crippen MR) is 131 cm³/mol. The smallest absolute Gasteiger partial charge is 0.337 e. The molecule has 0 aromatic heterocycles. The lowest BCUT2D eigenvalue weighted by molar-refractivity contribution is -0.180. The minimum Gasteiger partial charge on any atom is -0.460 e. The van der Waals surface area contributed by atoms with E-state index in [0.29, 0.717) is 36.8 Å². The number of aliphatic hydroxyl groups is 1. The normalized spacial score (nSPS) is 28.5. The van der Waals surface area contributed by atoms with Crippen LogP contribution in [0.25, 0.3) is 0 Å². The first-order valence-electron chi connectivity index (χ1n) is 12.5. The summed E-state index contributed by atoms with van der Waals surface area (Å²) in [6.45, 7) is 0. The fourth-order valence-corrected chi connectivity index (χ4v) is 6.14. The van der Waals surface area contributed by atoms with Crippen molar-refractivity contribution in [3.8, 4) is 0 Å². The maximum absolute atomic E-state index is 13.4. The second-order valence-electron chi connectivity index (χ2n) is 9.91. The van der Waals surface area contributed by atoms with Crippen molar-refractivity contribution in [3.05, 3.63) is 83.9 Å². The van der Waals surface area contributed by atoms with Crippen LogP contribution in [0.15, 0.2) is 72.8 Å². The van der Waals surface area contributed by atoms with Crippen molar-refractivity contribution in [2.24, 2.45) is 17.3 Å². The lowest BCUT2D eigenvalue weighted by Crippen LogP contribution is -2.60. The quantitative estimate of drug-likeness (QED) is 0.478. The lowest BCUT2D eigenvalue weighted by atomic mass is 9.50. The first-order chi connectivity index (χ1) is 17.4. The molecule has 2 aromatic rings. The van der Waals surface area contributed by atoms with Gasteiger partial charge in [-0.15, -0.1) is 0 Å². The molecule has 0 radical (unpaired) electrons. The molecule has 7 heteroatoms. The number of allylic oxidation sites excluding steroid dienone is 2. The Labute approximate surface area is 209 Å². The van der Waals surface area contributed by atoms with Gasteiger partial charge in [0.2, 0.25) is 0 Å². The average Bonchev–Trinajstić information content (AvgIpc) is 2.91. The van der Waals surface area contributed by atoms with Gasteiger partial charge in [0.05, 0.1) is 17.4 Å². The summed E-state index contributed by atoms with van der Waals surface area (Å²) in [5, 5.41) is 13.8. The van der Waals surface area contributed by atoms with Crippen molar-refractivity contribution in [1.82, 2.24) is 5.32 Å². The van der Waals surface area contributed by atoms with E-state index in [1.54, 1.807) is 60.7 Å². The van der Waals surface area contributed by atoms with E-state index in [4.69, 9.17) is 4.74 Å². The molecule has 4 aliphatic rings. The second kappa shape index (κ2) is 9.82. The molecule has 6 rings (SSSR count). The molecule has 0 aliphatic heterocycles. The van der Waals surface area contributed by atoms with Gasteiger partial charge in [0, 0.05) is 5.56 Å². The first-order valence-corrected chi connectivity index (χ1v) is 12.5. The van der Waals surface area contributed by atoms with Crippen LogP contribution in [-0.4, -0.2) is 40.8 Å². The van der Waals surface area contributed by atoms with Gasteiger partial charge in [-0.2, -0.15) is 0 Å². The zero-order valence-corrected chi connectivity index (χ0v) is 19.8. The van der Waals surface area contributed by atoms with E-state index in [2.05, 4.69) is 5.32 Å². The summed E-state index contributed by atoms with van der Waals surface area (Å²) in [5.74, 6) is -2.34. The topological polar surface area (TPSA) is 110 Å². The number of carbonyl (C=O) groups excluding carboxylic acids is 4. The van der Waals surface area contributed by atoms with E-state index in [9.17, 15) is 24.3 Å². The Bertz CT molecular complexity index is 1190. The standard InChI is InChI=1S/C29H29NO6/c31-23-13-7-8-16-29(23)20-14-15-21(26(29)33)22(17-20)36-28(35)25(32)24(18-9-3-1-4-10-18)30-27(34)19-11-5-2-6-12-19/h1-7,9-13,20-22,24-25,32H,8,14-17H2,(H,30,34)/t20-,21+,22-,24-,25+,29-/m0/s1. The van der Waals surface area contributed by atoms with Gasteiger partial charge in [0.15, 0.2) is 17.7 Å². The molecular formula is C29H29NO6. The van der Waals surface area contributed by atoms with Crippen LogP contribution in [0.5, 0.6) is 0 Å². The number of fused-ring (bicyclic) bond motifs is 2. The molecule has 2 N–H and O–H groups in total. The Balaban J connectivity index is 1.33. The Morgan fingerprint density at radius 2 is 1.69 bits per heavy atom. The highest BCUT2D eigenvalue weighted by molar-refractivity contribution is 6.14. The number of amides is 1. The van der Waals surface area contributed by atoms with Gasteiger partial charge in [0.1, 0.15) is 6.10 Å². The SMILES string of the molecule is O=C(N[C@@H](c1ccccc1)[C@@H](O)C(=O)O[C@H]1C[C@@H]2CC[C@H]1C(=O)[C@@]21CCC=CC1=O)c1ccccc1. The van der Waals surface area contributed by atoms with Crippen LogP contribution in [0.3, 0.4) is 0 Å². The third kappa shape index (κ3) is 4.17. The lowest BCUT2D eigenvalue weighted by Gasteiger charge is -2.52. The summed E-state index contributed by atoms with van der Waals surface area (Å²) >= 11 is 0. The monoisotopic (exact) mass is 487 g/mol. The Morgan fingerprint density at radius 3 is 2.36 bits per heavy atom. The first kappa shape index (κ1) is 24.1. The molecule has 0 saturated heterocycles. The molecule has 6 atom stereocenters. The number of ketones is 2. The van der Waals surface area contributed by atoms with Crippen LogP contribution >= 0.6 is 0 Å². The van der Waals surface area contributed by atoms with Gasteiger partial charge in [-0.05, 0) is 61.8 Å². The van der Waals surface area contributed by atoms with Crippen molar-refractivity contribution >= 4 is 23.4 Å². The fraction of sp³-hybridized carbons (Fsp3) is 0.379. The predicted octanol–water partition coefficient (Wildman–Crippen LogP) is 3.33. The van der Waals surface area contributed by atoms with Crippen molar-refractivity contribution in [2.45, 2.75) is 50.4 Å². The average molecular weight is 488 g/mol. The van der Waals surface area contributed by atoms with Gasteiger partial charge in [0.25, 0.3) is 5.91 Å². The Hall–Kier alpha value is -3.58. The Kier molecular flexibility index (Phi) is 6.58. The number of nitrogens with one attached hydrogen (secondary N) is 1. The summed E-state index contributed by atoms with van der Waals surface area (Å²) in [4.78, 5) is 52.2. The number of benzene rings is 2. The van der Waals surface area contributed by atoms with Crippen LogP contribution < -0.4 is 5.32 Å². The minimum absolute atomic E-state index is 0.133. The van der Waals surface area contributed by atoms with E-state index in [1.165, 1.54) is 6.08 Å². The number of hydrogen-bond acceptors (Lipinski definition) is 6. The maximum Gasteiger partial charge on any atom is 0.337 e. The van der Waals surface area contributed by atoms with Crippen LogP contribution in [0, 0.1) is 17.3 Å². The number of aliphatic hydroxyl groups excluding tert-OH is 1. The molecule has 2 aromatic carbocycles. The van der Waals surface area contributed by atoms with Crippen LogP contribution in [0.4, 0.5) is 0 Å². The number of Topliss-reactive ketones (excluding diaryl/α,β-unsaturated/α-hetero) is 1. The highest BCUT2D eigenvalue weighted by atomic mass is 16.6. The van der Waals surface area contributed by atoms with Crippen LogP contribution in [0.1, 0.15) is 54.1 Å². The highest BCUT2D eigenvalue weighted by Crippen LogP contribution is 2.55. The van der Waals surface area contributed by atoms with Crippen molar-refractivity contribution < 1.29 is 29.0 Å². The molecule has 36 heavy (non-hydrogen) atoms. The van der Waals surface area contributed by atoms with Crippen LogP contribution in [0.2, 0.25) is 0 Å². The molecule has 3 fully saturated rings. The van der Waals surface area contributed by atoms with E-state index >= 15 is 0 Å². The summed E-state index contributed by atoms with van der Waals surface area (Å²) < 4.78 is 5.73. The van der Waals surface area contributed by atoms with Crippen molar-refractivity contribution in [1.29, 1.82) is 0 Å². The highest BCUT2D eigenvalue weighted by Gasteiger charge is 2.61. The molecule has 1 amide bonds. The second-order valence-corrected chi connectivity index (χ2v) is 9.91. The van der Waals surface area contributed by atoms with Gasteiger partial charge >= 0.3 is 5.97 Å². The molecule has 4 aliphatic carbocycles. The number of esters is 1. The Morgan fingerprint density at radius 1 is 1.00 bits per heavy atom. The summed E-state index contributed by atoms with van der Waals surface area (Å²) in [6.07, 6.45) is 3.87. The molecule has 7 nitrogen and oxygen atoms in total. The number of rotatable bonds is 6. The van der Waals surface area contributed by atoms with E-state index in [0.717, 1.165) is 6.42 Å². The van der Waals surface area contributed by atoms with Gasteiger partial charge < -0.3 is 15.2 Å². The summed E-state index contributed by atoms with van der Waals surface area (Å²) in [6, 6.07) is 16.2. The third-order valence-electron chi connectivity index (χ3n) is 7.99. The third-order valence-corrected chi connectivity index (χ3v) is 7.99. The molecular weight excluding hydrogens is 458 g/mol. The zero-order valence-electron chi connectivity index (χ0n) is 19.8. The molecule has 2 bridgehead atoms. The van der Waals surface area contributed by atoms with E-state index in [-0.39, 0.29) is 17.5 Å². The largest absolute Gasteiger partial charge is 0.460 e. The molecule has 1 spiro atoms. The van der Waals surface area contributed by atoms with Gasteiger partial charge in [-0.25, -0.2) is 4.79 Å². The van der Waals surface area contributed by atoms with Crippen molar-refractivity contribution in [2.75, 3.05) is 0 Å². The summed E-state index contributed by atoms with van der Waals surface area (Å²) in [7, 11) is 0. The number of carbonyl (C=O) groups is 4. The molecule has 0 unspecified atom stereocenters. The van der Waals surface area contributed by atoms with Gasteiger partial charge in [-0.1, -0.05) is 54.6 Å². The molecule has 0 heterocycles. The maximum atomic E-state index is 13.4. The zero-order chi connectivity index (χ0) is 25.3. The van der Waals surface area contributed by atoms with E-state index in [1.807, 2.05) is 6.08 Å². The number of ether oxygens (including phenoxy) is 1. The van der Waals surface area contributed by atoms with Gasteiger partial charge in [-0.3, -0.25) is 14.4 Å².